The molecule has 2 amide bonds. The van der Waals surface area contributed by atoms with Gasteiger partial charge >= 0.3 is 0 Å². The molecule has 0 heterocycles. The number of hydrogen-bond donors (Lipinski definition) is 2. The largest absolute Gasteiger partial charge is 0.326 e. The van der Waals surface area contributed by atoms with Crippen LogP contribution in [0, 0.1) is 6.92 Å². The lowest BCUT2D eigenvalue weighted by Crippen LogP contribution is -2.14. The van der Waals surface area contributed by atoms with Crippen LogP contribution in [0.25, 0.3) is 0 Å². The van der Waals surface area contributed by atoms with Crippen molar-refractivity contribution in [3.63, 3.8) is 0 Å². The summed E-state index contributed by atoms with van der Waals surface area (Å²) in [4.78, 5) is 24.1. The standard InChI is InChI=1S/C20H22N2O2/c1-3-19(23)21-17-10-7-13(2)18(12-17)22-20(24)16-9-8-14-5-4-6-15(14)11-16/h7-12H,3-6H2,1-2H3,(H,21,23)(H,22,24). The maximum Gasteiger partial charge on any atom is 0.255 e. The minimum absolute atomic E-state index is 0.0465. The highest BCUT2D eigenvalue weighted by molar-refractivity contribution is 6.05. The molecule has 2 N–H and O–H groups in total. The summed E-state index contributed by atoms with van der Waals surface area (Å²) >= 11 is 0. The van der Waals surface area contributed by atoms with Gasteiger partial charge in [-0.15, -0.1) is 0 Å². The molecule has 0 aromatic heterocycles. The highest BCUT2D eigenvalue weighted by Gasteiger charge is 2.15. The van der Waals surface area contributed by atoms with Crippen molar-refractivity contribution >= 4 is 23.2 Å². The molecule has 0 fully saturated rings. The zero-order valence-corrected chi connectivity index (χ0v) is 14.1. The van der Waals surface area contributed by atoms with E-state index in [9.17, 15) is 9.59 Å². The molecular formula is C20H22N2O2. The van der Waals surface area contributed by atoms with Crippen LogP contribution in [0.2, 0.25) is 0 Å². The summed E-state index contributed by atoms with van der Waals surface area (Å²) in [5.74, 6) is -0.165. The molecule has 0 atom stereocenters. The second-order valence-electron chi connectivity index (χ2n) is 6.22. The third-order valence-corrected chi connectivity index (χ3v) is 4.45. The lowest BCUT2D eigenvalue weighted by molar-refractivity contribution is -0.115. The molecule has 0 radical (unpaired) electrons. The molecule has 124 valence electrons. The summed E-state index contributed by atoms with van der Waals surface area (Å²) < 4.78 is 0. The first-order valence-electron chi connectivity index (χ1n) is 8.40. The van der Waals surface area contributed by atoms with Crippen LogP contribution in [0.1, 0.15) is 46.8 Å². The zero-order valence-electron chi connectivity index (χ0n) is 14.1. The molecular weight excluding hydrogens is 300 g/mol. The minimum Gasteiger partial charge on any atom is -0.326 e. The van der Waals surface area contributed by atoms with E-state index < -0.39 is 0 Å². The van der Waals surface area contributed by atoms with Crippen LogP contribution in [0.3, 0.4) is 0 Å². The van der Waals surface area contributed by atoms with Gasteiger partial charge in [0, 0.05) is 23.4 Å². The van der Waals surface area contributed by atoms with E-state index in [1.54, 1.807) is 13.0 Å². The summed E-state index contributed by atoms with van der Waals surface area (Å²) in [5.41, 5.74) is 5.68. The van der Waals surface area contributed by atoms with E-state index in [1.165, 1.54) is 17.5 Å². The van der Waals surface area contributed by atoms with E-state index in [2.05, 4.69) is 16.7 Å². The lowest BCUT2D eigenvalue weighted by Gasteiger charge is -2.12. The molecule has 3 rings (SSSR count). The number of hydrogen-bond acceptors (Lipinski definition) is 2. The Morgan fingerprint density at radius 3 is 2.58 bits per heavy atom. The predicted octanol–water partition coefficient (Wildman–Crippen LogP) is 4.08. The van der Waals surface area contributed by atoms with Crippen molar-refractivity contribution in [2.75, 3.05) is 10.6 Å². The Balaban J connectivity index is 1.78. The Morgan fingerprint density at radius 1 is 1.00 bits per heavy atom. The number of anilines is 2. The molecule has 0 aliphatic heterocycles. The molecule has 1 aliphatic carbocycles. The third kappa shape index (κ3) is 3.48. The second kappa shape index (κ2) is 6.87. The van der Waals surface area contributed by atoms with Crippen molar-refractivity contribution in [1.82, 2.24) is 0 Å². The normalized spacial score (nSPS) is 12.6. The van der Waals surface area contributed by atoms with Gasteiger partial charge in [-0.3, -0.25) is 9.59 Å². The Bertz CT molecular complexity index is 796. The first kappa shape index (κ1) is 16.2. The molecule has 2 aromatic carbocycles. The minimum atomic E-state index is -0.119. The average Bonchev–Trinajstić information content (AvgIpc) is 3.05. The van der Waals surface area contributed by atoms with Crippen molar-refractivity contribution in [3.05, 3.63) is 58.7 Å². The Hall–Kier alpha value is -2.62. The SMILES string of the molecule is CCC(=O)Nc1ccc(C)c(NC(=O)c2ccc3c(c2)CCC3)c1. The molecule has 24 heavy (non-hydrogen) atoms. The molecule has 2 aromatic rings. The Kier molecular flexibility index (Phi) is 4.65. The summed E-state index contributed by atoms with van der Waals surface area (Å²) in [6, 6.07) is 11.5. The van der Waals surface area contributed by atoms with Crippen LogP contribution in [0.15, 0.2) is 36.4 Å². The van der Waals surface area contributed by atoms with Crippen LogP contribution in [-0.4, -0.2) is 11.8 Å². The van der Waals surface area contributed by atoms with Crippen LogP contribution in [0.4, 0.5) is 11.4 Å². The molecule has 0 bridgehead atoms. The molecule has 0 unspecified atom stereocenters. The lowest BCUT2D eigenvalue weighted by atomic mass is 10.1. The van der Waals surface area contributed by atoms with E-state index in [4.69, 9.17) is 0 Å². The van der Waals surface area contributed by atoms with Gasteiger partial charge in [0.2, 0.25) is 5.91 Å². The van der Waals surface area contributed by atoms with Crippen LogP contribution < -0.4 is 10.6 Å². The number of rotatable bonds is 4. The number of amides is 2. The first-order valence-corrected chi connectivity index (χ1v) is 8.40. The van der Waals surface area contributed by atoms with E-state index >= 15 is 0 Å². The Labute approximate surface area is 142 Å². The van der Waals surface area contributed by atoms with E-state index in [0.29, 0.717) is 17.7 Å². The second-order valence-corrected chi connectivity index (χ2v) is 6.22. The molecule has 1 aliphatic rings. The fourth-order valence-electron chi connectivity index (χ4n) is 2.99. The first-order chi connectivity index (χ1) is 11.6. The summed E-state index contributed by atoms with van der Waals surface area (Å²) in [6.07, 6.45) is 3.74. The van der Waals surface area contributed by atoms with Crippen molar-refractivity contribution in [3.8, 4) is 0 Å². The van der Waals surface area contributed by atoms with Crippen molar-refractivity contribution < 1.29 is 9.59 Å². The predicted molar refractivity (Wildman–Crippen MR) is 96.5 cm³/mol. The van der Waals surface area contributed by atoms with Gasteiger partial charge in [0.15, 0.2) is 0 Å². The summed E-state index contributed by atoms with van der Waals surface area (Å²) in [6.45, 7) is 3.74. The van der Waals surface area contributed by atoms with Crippen molar-refractivity contribution in [2.24, 2.45) is 0 Å². The maximum absolute atomic E-state index is 12.6. The van der Waals surface area contributed by atoms with Gasteiger partial charge < -0.3 is 10.6 Å². The van der Waals surface area contributed by atoms with Crippen molar-refractivity contribution in [2.45, 2.75) is 39.5 Å². The number of carbonyl (C=O) groups is 2. The summed E-state index contributed by atoms with van der Waals surface area (Å²) in [7, 11) is 0. The fourth-order valence-corrected chi connectivity index (χ4v) is 2.99. The van der Waals surface area contributed by atoms with E-state index in [0.717, 1.165) is 24.1 Å². The van der Waals surface area contributed by atoms with Gasteiger partial charge in [0.1, 0.15) is 0 Å². The van der Waals surface area contributed by atoms with Gasteiger partial charge in [-0.2, -0.15) is 0 Å². The van der Waals surface area contributed by atoms with Crippen LogP contribution in [0.5, 0.6) is 0 Å². The number of benzene rings is 2. The van der Waals surface area contributed by atoms with Gasteiger partial charge in [0.05, 0.1) is 0 Å². The topological polar surface area (TPSA) is 58.2 Å². The smallest absolute Gasteiger partial charge is 0.255 e. The summed E-state index contributed by atoms with van der Waals surface area (Å²) in [5, 5.41) is 5.78. The molecule has 4 nitrogen and oxygen atoms in total. The third-order valence-electron chi connectivity index (χ3n) is 4.45. The monoisotopic (exact) mass is 322 g/mol. The molecule has 4 heteroatoms. The highest BCUT2D eigenvalue weighted by atomic mass is 16.2. The van der Waals surface area contributed by atoms with E-state index in [1.807, 2.05) is 31.2 Å². The van der Waals surface area contributed by atoms with Crippen LogP contribution >= 0.6 is 0 Å². The van der Waals surface area contributed by atoms with Gasteiger partial charge in [-0.1, -0.05) is 19.1 Å². The number of nitrogens with one attached hydrogen (secondary N) is 2. The average molecular weight is 322 g/mol. The van der Waals surface area contributed by atoms with Gasteiger partial charge in [-0.05, 0) is 67.1 Å². The van der Waals surface area contributed by atoms with Gasteiger partial charge in [0.25, 0.3) is 5.91 Å². The van der Waals surface area contributed by atoms with Crippen molar-refractivity contribution in [1.29, 1.82) is 0 Å². The number of carbonyl (C=O) groups excluding carboxylic acids is 2. The molecule has 0 saturated heterocycles. The fraction of sp³-hybridized carbons (Fsp3) is 0.300. The van der Waals surface area contributed by atoms with Gasteiger partial charge in [-0.25, -0.2) is 0 Å². The number of aryl methyl sites for hydroxylation is 3. The number of fused-ring (bicyclic) bond motifs is 1. The quantitative estimate of drug-likeness (QED) is 0.891. The molecule has 0 saturated carbocycles. The maximum atomic E-state index is 12.6. The highest BCUT2D eigenvalue weighted by Crippen LogP contribution is 2.25. The molecule has 0 spiro atoms. The van der Waals surface area contributed by atoms with Crippen LogP contribution in [-0.2, 0) is 17.6 Å². The zero-order chi connectivity index (χ0) is 17.1. The van der Waals surface area contributed by atoms with E-state index in [-0.39, 0.29) is 11.8 Å². The Morgan fingerprint density at radius 2 is 1.79 bits per heavy atom.